The van der Waals surface area contributed by atoms with E-state index in [2.05, 4.69) is 10.6 Å². The molecule has 0 radical (unpaired) electrons. The highest BCUT2D eigenvalue weighted by Gasteiger charge is 2.51. The molecule has 4 amide bonds. The zero-order valence-electron chi connectivity index (χ0n) is 17.9. The van der Waals surface area contributed by atoms with Gasteiger partial charge in [0.1, 0.15) is 17.9 Å². The molecule has 1 aliphatic rings. The van der Waals surface area contributed by atoms with Gasteiger partial charge in [-0.05, 0) is 48.4 Å². The fourth-order valence-corrected chi connectivity index (χ4v) is 4.67. The minimum atomic E-state index is -1.33. The van der Waals surface area contributed by atoms with Crippen LogP contribution < -0.4 is 10.6 Å². The van der Waals surface area contributed by atoms with Crippen LogP contribution in [0.5, 0.6) is 0 Å². The van der Waals surface area contributed by atoms with Gasteiger partial charge in [-0.2, -0.15) is 0 Å². The van der Waals surface area contributed by atoms with E-state index in [0.717, 1.165) is 14.7 Å². The summed E-state index contributed by atoms with van der Waals surface area (Å²) in [5.74, 6) is -1.47. The molecule has 6 nitrogen and oxygen atoms in total. The smallest absolute Gasteiger partial charge is 0.323 e. The lowest BCUT2D eigenvalue weighted by Crippen LogP contribution is -2.44. The Balaban J connectivity index is 1.50. The number of rotatable bonds is 7. The number of hydrogen-bond donors (Lipinski definition) is 2. The number of anilines is 1. The summed E-state index contributed by atoms with van der Waals surface area (Å²) in [6.07, 6.45) is 0.262. The van der Waals surface area contributed by atoms with Crippen molar-refractivity contribution in [3.05, 3.63) is 90.2 Å². The van der Waals surface area contributed by atoms with Crippen molar-refractivity contribution in [2.24, 2.45) is 0 Å². The fourth-order valence-electron chi connectivity index (χ4n) is 3.75. The summed E-state index contributed by atoms with van der Waals surface area (Å²) in [6.45, 7) is 1.32. The highest BCUT2D eigenvalue weighted by molar-refractivity contribution is 7.99. The predicted octanol–water partition coefficient (Wildman–Crippen LogP) is 4.77. The molecule has 168 valence electrons. The number of amides is 4. The second kappa shape index (κ2) is 9.46. The SMILES string of the molecule is CCC1(c2ccc(F)cc2)NC(=O)N(CC(=O)Nc2ccccc2Sc2ccccc2)C1=O. The Morgan fingerprint density at radius 3 is 2.36 bits per heavy atom. The third-order valence-electron chi connectivity index (χ3n) is 5.48. The Bertz CT molecular complexity index is 1190. The molecule has 33 heavy (non-hydrogen) atoms. The fraction of sp³-hybridized carbons (Fsp3) is 0.160. The first-order valence-corrected chi connectivity index (χ1v) is 11.3. The van der Waals surface area contributed by atoms with Crippen LogP contribution in [0.3, 0.4) is 0 Å². The second-order valence-corrected chi connectivity index (χ2v) is 8.66. The third-order valence-corrected chi connectivity index (χ3v) is 6.56. The Kier molecular flexibility index (Phi) is 6.46. The molecule has 0 spiro atoms. The topological polar surface area (TPSA) is 78.5 Å². The number of carbonyl (C=O) groups excluding carboxylic acids is 3. The van der Waals surface area contributed by atoms with Crippen LogP contribution in [0, 0.1) is 5.82 Å². The van der Waals surface area contributed by atoms with Crippen LogP contribution in [0.2, 0.25) is 0 Å². The number of hydrogen-bond acceptors (Lipinski definition) is 4. The van der Waals surface area contributed by atoms with Crippen LogP contribution in [0.1, 0.15) is 18.9 Å². The number of halogens is 1. The molecular formula is C25H22FN3O3S. The summed E-state index contributed by atoms with van der Waals surface area (Å²) in [5.41, 5.74) is -0.271. The summed E-state index contributed by atoms with van der Waals surface area (Å²) in [4.78, 5) is 41.4. The van der Waals surface area contributed by atoms with Gasteiger partial charge in [-0.15, -0.1) is 0 Å². The van der Waals surface area contributed by atoms with Crippen LogP contribution in [0.25, 0.3) is 0 Å². The summed E-state index contributed by atoms with van der Waals surface area (Å²) in [6, 6.07) is 21.8. The van der Waals surface area contributed by atoms with Gasteiger partial charge in [-0.25, -0.2) is 9.18 Å². The number of benzene rings is 3. The van der Waals surface area contributed by atoms with Crippen LogP contribution in [0.15, 0.2) is 88.7 Å². The highest BCUT2D eigenvalue weighted by atomic mass is 32.2. The molecule has 1 saturated heterocycles. The Labute approximate surface area is 195 Å². The molecule has 2 N–H and O–H groups in total. The highest BCUT2D eigenvalue weighted by Crippen LogP contribution is 2.34. The summed E-state index contributed by atoms with van der Waals surface area (Å²) in [5, 5.41) is 5.50. The third kappa shape index (κ3) is 4.61. The number of imide groups is 1. The maximum absolute atomic E-state index is 13.4. The van der Waals surface area contributed by atoms with Gasteiger partial charge in [0.05, 0.1) is 5.69 Å². The number of nitrogens with one attached hydrogen (secondary N) is 2. The number of urea groups is 1. The Morgan fingerprint density at radius 2 is 1.67 bits per heavy atom. The number of carbonyl (C=O) groups is 3. The minimum absolute atomic E-state index is 0.262. The van der Waals surface area contributed by atoms with E-state index < -0.39 is 35.7 Å². The van der Waals surface area contributed by atoms with Gasteiger partial charge in [0.15, 0.2) is 0 Å². The number of para-hydroxylation sites is 1. The van der Waals surface area contributed by atoms with Gasteiger partial charge >= 0.3 is 6.03 Å². The molecule has 1 aliphatic heterocycles. The quantitative estimate of drug-likeness (QED) is 0.495. The zero-order chi connectivity index (χ0) is 23.4. The largest absolute Gasteiger partial charge is 0.325 e. The molecule has 3 aromatic rings. The lowest BCUT2D eigenvalue weighted by Gasteiger charge is -2.25. The summed E-state index contributed by atoms with van der Waals surface area (Å²) in [7, 11) is 0. The van der Waals surface area contributed by atoms with E-state index in [9.17, 15) is 18.8 Å². The van der Waals surface area contributed by atoms with Crippen LogP contribution in [0.4, 0.5) is 14.9 Å². The van der Waals surface area contributed by atoms with E-state index in [1.807, 2.05) is 42.5 Å². The number of nitrogens with zero attached hydrogens (tertiary/aromatic N) is 1. The lowest BCUT2D eigenvalue weighted by molar-refractivity contribution is -0.134. The van der Waals surface area contributed by atoms with Crippen molar-refractivity contribution in [1.82, 2.24) is 10.2 Å². The first kappa shape index (κ1) is 22.5. The van der Waals surface area contributed by atoms with Crippen LogP contribution in [-0.2, 0) is 15.1 Å². The Hall–Kier alpha value is -3.65. The van der Waals surface area contributed by atoms with Crippen molar-refractivity contribution >= 4 is 35.3 Å². The van der Waals surface area contributed by atoms with E-state index >= 15 is 0 Å². The van der Waals surface area contributed by atoms with Gasteiger partial charge in [-0.3, -0.25) is 14.5 Å². The van der Waals surface area contributed by atoms with Gasteiger partial charge in [-0.1, -0.05) is 61.2 Å². The first-order valence-electron chi connectivity index (χ1n) is 10.4. The van der Waals surface area contributed by atoms with E-state index in [0.29, 0.717) is 11.3 Å². The Morgan fingerprint density at radius 1 is 1.00 bits per heavy atom. The molecule has 8 heteroatoms. The van der Waals surface area contributed by atoms with Crippen molar-refractivity contribution in [2.45, 2.75) is 28.7 Å². The molecule has 4 rings (SSSR count). The molecule has 0 aliphatic carbocycles. The van der Waals surface area contributed by atoms with E-state index in [1.54, 1.807) is 19.1 Å². The zero-order valence-corrected chi connectivity index (χ0v) is 18.7. The molecule has 1 fully saturated rings. The molecule has 0 aromatic heterocycles. The normalized spacial score (nSPS) is 17.7. The first-order chi connectivity index (χ1) is 15.9. The standard InChI is InChI=1S/C25H22FN3O3S/c1-2-25(17-12-14-18(26)15-13-17)23(31)29(24(32)28-25)16-22(30)27-20-10-6-7-11-21(20)33-19-8-4-3-5-9-19/h3-15H,2,16H2,1H3,(H,27,30)(H,28,32). The van der Waals surface area contributed by atoms with E-state index in [4.69, 9.17) is 0 Å². The van der Waals surface area contributed by atoms with Gasteiger partial charge < -0.3 is 10.6 Å². The average Bonchev–Trinajstić information content (AvgIpc) is 3.06. The molecule has 1 unspecified atom stereocenters. The van der Waals surface area contributed by atoms with Gasteiger partial charge in [0.25, 0.3) is 5.91 Å². The molecule has 3 aromatic carbocycles. The molecule has 1 atom stereocenters. The molecular weight excluding hydrogens is 441 g/mol. The van der Waals surface area contributed by atoms with Crippen LogP contribution in [-0.4, -0.2) is 29.3 Å². The lowest BCUT2D eigenvalue weighted by atomic mass is 9.87. The molecule has 1 heterocycles. The monoisotopic (exact) mass is 463 g/mol. The van der Waals surface area contributed by atoms with E-state index in [1.165, 1.54) is 36.0 Å². The molecule has 0 bridgehead atoms. The second-order valence-electron chi connectivity index (χ2n) is 7.55. The summed E-state index contributed by atoms with van der Waals surface area (Å²) < 4.78 is 13.4. The summed E-state index contributed by atoms with van der Waals surface area (Å²) >= 11 is 1.50. The van der Waals surface area contributed by atoms with Crippen molar-refractivity contribution < 1.29 is 18.8 Å². The average molecular weight is 464 g/mol. The predicted molar refractivity (Wildman–Crippen MR) is 124 cm³/mol. The van der Waals surface area contributed by atoms with Gasteiger partial charge in [0.2, 0.25) is 5.91 Å². The van der Waals surface area contributed by atoms with Gasteiger partial charge in [0, 0.05) is 9.79 Å². The minimum Gasteiger partial charge on any atom is -0.323 e. The molecule has 0 saturated carbocycles. The van der Waals surface area contributed by atoms with Crippen LogP contribution >= 0.6 is 11.8 Å². The van der Waals surface area contributed by atoms with Crippen molar-refractivity contribution in [3.63, 3.8) is 0 Å². The maximum Gasteiger partial charge on any atom is 0.325 e. The van der Waals surface area contributed by atoms with Crippen molar-refractivity contribution in [1.29, 1.82) is 0 Å². The van der Waals surface area contributed by atoms with E-state index in [-0.39, 0.29) is 6.42 Å². The maximum atomic E-state index is 13.4. The van der Waals surface area contributed by atoms with Crippen molar-refractivity contribution in [3.8, 4) is 0 Å². The van der Waals surface area contributed by atoms with Crippen molar-refractivity contribution in [2.75, 3.05) is 11.9 Å².